The van der Waals surface area contributed by atoms with Crippen molar-refractivity contribution in [1.82, 2.24) is 0 Å². The summed E-state index contributed by atoms with van der Waals surface area (Å²) in [6.45, 7) is -0.410. The van der Waals surface area contributed by atoms with Crippen molar-refractivity contribution in [3.8, 4) is 0 Å². The van der Waals surface area contributed by atoms with Crippen molar-refractivity contribution in [3.63, 3.8) is 0 Å². The Balaban J connectivity index is 2.37. The lowest BCUT2D eigenvalue weighted by Gasteiger charge is -2.17. The van der Waals surface area contributed by atoms with Crippen LogP contribution in [0.4, 0.5) is 0 Å². The third-order valence-electron chi connectivity index (χ3n) is 2.86. The fourth-order valence-corrected chi connectivity index (χ4v) is 4.81. The minimum Gasteiger partial charge on any atom is -0.134 e. The molecular formula is C14H14Cl2Si. The topological polar surface area (TPSA) is 0 Å². The minimum absolute atomic E-state index is 1.03. The Hall–Kier alpha value is -0.763. The van der Waals surface area contributed by atoms with Gasteiger partial charge in [0.25, 0.3) is 0 Å². The van der Waals surface area contributed by atoms with E-state index in [9.17, 15) is 0 Å². The van der Waals surface area contributed by atoms with Crippen LogP contribution in [0.3, 0.4) is 0 Å². The Bertz CT molecular complexity index is 477. The van der Waals surface area contributed by atoms with E-state index in [-0.39, 0.29) is 0 Å². The monoisotopic (exact) mass is 280 g/mol. The van der Waals surface area contributed by atoms with Crippen molar-refractivity contribution in [1.29, 1.82) is 0 Å². The smallest absolute Gasteiger partial charge is 0.134 e. The van der Waals surface area contributed by atoms with Gasteiger partial charge in [-0.15, -0.1) is 22.2 Å². The molecule has 0 aliphatic carbocycles. The van der Waals surface area contributed by atoms with E-state index in [2.05, 4.69) is 31.2 Å². The molecule has 0 spiro atoms. The zero-order valence-electron chi connectivity index (χ0n) is 9.66. The molecule has 0 aromatic heterocycles. The van der Waals surface area contributed by atoms with E-state index >= 15 is 0 Å². The Morgan fingerprint density at radius 2 is 1.35 bits per heavy atom. The van der Waals surface area contributed by atoms with E-state index in [4.69, 9.17) is 22.2 Å². The fraction of sp³-hybridized carbons (Fsp3) is 0.143. The first-order chi connectivity index (χ1) is 8.14. The maximum atomic E-state index is 6.59. The van der Waals surface area contributed by atoms with Crippen molar-refractivity contribution in [2.24, 2.45) is 0 Å². The number of benzene rings is 2. The van der Waals surface area contributed by atoms with Crippen LogP contribution in [0.1, 0.15) is 12.5 Å². The molecule has 0 heterocycles. The van der Waals surface area contributed by atoms with E-state index in [0.717, 1.165) is 16.8 Å². The van der Waals surface area contributed by atoms with Gasteiger partial charge in [-0.05, 0) is 22.4 Å². The first-order valence-electron chi connectivity index (χ1n) is 5.67. The Labute approximate surface area is 113 Å². The Morgan fingerprint density at radius 3 is 1.88 bits per heavy atom. The summed E-state index contributed by atoms with van der Waals surface area (Å²) in [5.74, 6) is 0. The van der Waals surface area contributed by atoms with Crippen molar-refractivity contribution in [3.05, 3.63) is 60.2 Å². The molecular weight excluding hydrogens is 267 g/mol. The van der Waals surface area contributed by atoms with E-state index in [1.807, 2.05) is 30.3 Å². The average molecular weight is 281 g/mol. The van der Waals surface area contributed by atoms with Gasteiger partial charge in [0.05, 0.1) is 0 Å². The van der Waals surface area contributed by atoms with Gasteiger partial charge < -0.3 is 0 Å². The molecule has 0 N–H and O–H groups in total. The summed E-state index contributed by atoms with van der Waals surface area (Å²) in [6, 6.07) is 18.2. The summed E-state index contributed by atoms with van der Waals surface area (Å²) in [5, 5.41) is 2.08. The Morgan fingerprint density at radius 1 is 0.824 bits per heavy atom. The van der Waals surface area contributed by atoms with Crippen LogP contribution in [-0.2, 0) is 6.42 Å². The molecule has 2 rings (SSSR count). The number of hydrogen-bond donors (Lipinski definition) is 0. The SMILES string of the molecule is CCc1ccc([Si](Cl)(Cl)c2ccccc2)cc1. The standard InChI is InChI=1S/C14H14Cl2Si/c1-2-12-8-10-14(11-9-12)17(15,16)13-6-4-3-5-7-13/h3-11H,2H2,1H3. The second-order valence-corrected chi connectivity index (χ2v) is 10.3. The van der Waals surface area contributed by atoms with Crippen LogP contribution in [0.2, 0.25) is 0 Å². The molecule has 0 radical (unpaired) electrons. The summed E-state index contributed by atoms with van der Waals surface area (Å²) in [6.07, 6.45) is 1.03. The van der Waals surface area contributed by atoms with Gasteiger partial charge in [-0.2, -0.15) is 0 Å². The van der Waals surface area contributed by atoms with E-state index in [1.165, 1.54) is 5.56 Å². The molecule has 2 aromatic rings. The summed E-state index contributed by atoms with van der Waals surface area (Å²) < 4.78 is 0. The van der Waals surface area contributed by atoms with Crippen LogP contribution in [0.15, 0.2) is 54.6 Å². The first-order valence-corrected chi connectivity index (χ1v) is 9.69. The summed E-state index contributed by atoms with van der Waals surface area (Å²) in [5.41, 5.74) is 1.31. The van der Waals surface area contributed by atoms with Gasteiger partial charge in [0, 0.05) is 0 Å². The maximum Gasteiger partial charge on any atom is 0.310 e. The summed E-state index contributed by atoms with van der Waals surface area (Å²) >= 11 is 13.2. The number of hydrogen-bond acceptors (Lipinski definition) is 0. The Kier molecular flexibility index (Phi) is 3.92. The van der Waals surface area contributed by atoms with Gasteiger partial charge in [0.2, 0.25) is 0 Å². The van der Waals surface area contributed by atoms with E-state index in [1.54, 1.807) is 0 Å². The van der Waals surface area contributed by atoms with Crippen molar-refractivity contribution in [2.45, 2.75) is 13.3 Å². The van der Waals surface area contributed by atoms with Crippen LogP contribution >= 0.6 is 22.2 Å². The van der Waals surface area contributed by atoms with Gasteiger partial charge in [-0.25, -0.2) is 0 Å². The minimum atomic E-state index is -2.55. The zero-order chi connectivity index (χ0) is 12.3. The van der Waals surface area contributed by atoms with Crippen molar-refractivity contribution >= 4 is 39.2 Å². The zero-order valence-corrected chi connectivity index (χ0v) is 12.2. The molecule has 0 saturated carbocycles. The quantitative estimate of drug-likeness (QED) is 0.598. The highest BCUT2D eigenvalue weighted by atomic mass is 35.7. The first kappa shape index (κ1) is 12.7. The summed E-state index contributed by atoms with van der Waals surface area (Å²) in [7, 11) is 0. The molecule has 2 aromatic carbocycles. The second kappa shape index (κ2) is 5.26. The van der Waals surface area contributed by atoms with Crippen LogP contribution in [0.25, 0.3) is 0 Å². The predicted molar refractivity (Wildman–Crippen MR) is 79.0 cm³/mol. The lowest BCUT2D eigenvalue weighted by molar-refractivity contribution is 1.14. The van der Waals surface area contributed by atoms with Crippen LogP contribution < -0.4 is 10.4 Å². The predicted octanol–water partition coefficient (Wildman–Crippen LogP) is 3.28. The molecule has 0 unspecified atom stereocenters. The van der Waals surface area contributed by atoms with Gasteiger partial charge in [0.1, 0.15) is 0 Å². The molecule has 0 aliphatic heterocycles. The molecule has 0 bridgehead atoms. The molecule has 0 atom stereocenters. The second-order valence-electron chi connectivity index (χ2n) is 3.99. The number of halogens is 2. The largest absolute Gasteiger partial charge is 0.310 e. The highest BCUT2D eigenvalue weighted by Crippen LogP contribution is 2.15. The molecule has 0 fully saturated rings. The molecule has 88 valence electrons. The van der Waals surface area contributed by atoms with Crippen LogP contribution in [0.5, 0.6) is 0 Å². The van der Waals surface area contributed by atoms with Gasteiger partial charge in [0.15, 0.2) is 0 Å². The maximum absolute atomic E-state index is 6.59. The molecule has 17 heavy (non-hydrogen) atoms. The third-order valence-corrected chi connectivity index (χ3v) is 7.60. The highest BCUT2D eigenvalue weighted by Gasteiger charge is 2.33. The molecule has 0 aliphatic rings. The molecule has 0 nitrogen and oxygen atoms in total. The van der Waals surface area contributed by atoms with Crippen molar-refractivity contribution < 1.29 is 0 Å². The highest BCUT2D eigenvalue weighted by molar-refractivity contribution is 7.56. The van der Waals surface area contributed by atoms with Crippen LogP contribution in [-0.4, -0.2) is 6.69 Å². The average Bonchev–Trinajstić information content (AvgIpc) is 2.40. The number of aryl methyl sites for hydroxylation is 1. The lowest BCUT2D eigenvalue weighted by atomic mass is 10.2. The van der Waals surface area contributed by atoms with E-state index < -0.39 is 6.69 Å². The molecule has 0 saturated heterocycles. The molecule has 0 amide bonds. The fourth-order valence-electron chi connectivity index (χ4n) is 1.76. The molecule has 3 heteroatoms. The van der Waals surface area contributed by atoms with Gasteiger partial charge in [-0.1, -0.05) is 61.5 Å². The van der Waals surface area contributed by atoms with Gasteiger partial charge >= 0.3 is 6.69 Å². The van der Waals surface area contributed by atoms with Crippen LogP contribution in [0, 0.1) is 0 Å². The van der Waals surface area contributed by atoms with E-state index in [0.29, 0.717) is 0 Å². The normalized spacial score (nSPS) is 11.5. The number of rotatable bonds is 3. The third kappa shape index (κ3) is 2.74. The summed E-state index contributed by atoms with van der Waals surface area (Å²) in [4.78, 5) is 0. The lowest BCUT2D eigenvalue weighted by Crippen LogP contribution is -2.48. The van der Waals surface area contributed by atoms with Crippen molar-refractivity contribution in [2.75, 3.05) is 0 Å². The van der Waals surface area contributed by atoms with Gasteiger partial charge in [-0.3, -0.25) is 0 Å².